The highest BCUT2D eigenvalue weighted by atomic mass is 32.1. The summed E-state index contributed by atoms with van der Waals surface area (Å²) in [5.74, 6) is -0.580. The van der Waals surface area contributed by atoms with Gasteiger partial charge in [0.1, 0.15) is 0 Å². The smallest absolute Gasteiger partial charge is 0.346 e. The second-order valence-electron chi connectivity index (χ2n) is 6.11. The summed E-state index contributed by atoms with van der Waals surface area (Å²) in [7, 11) is 2.08. The third-order valence-corrected chi connectivity index (χ3v) is 5.11. The Hall–Kier alpha value is -2.46. The van der Waals surface area contributed by atoms with Crippen molar-refractivity contribution in [1.29, 1.82) is 0 Å². The van der Waals surface area contributed by atoms with Crippen LogP contribution in [0.25, 0.3) is 0 Å². The number of hydrogen-bond acceptors (Lipinski definition) is 6. The van der Waals surface area contributed by atoms with Crippen LogP contribution in [0.4, 0.5) is 18.3 Å². The average Bonchev–Trinajstić information content (AvgIpc) is 3.10. The van der Waals surface area contributed by atoms with Gasteiger partial charge in [0.25, 0.3) is 5.91 Å². The Bertz CT molecular complexity index is 811. The van der Waals surface area contributed by atoms with Gasteiger partial charge in [-0.1, -0.05) is 11.3 Å². The Morgan fingerprint density at radius 1 is 1.22 bits per heavy atom. The summed E-state index contributed by atoms with van der Waals surface area (Å²) < 4.78 is 37.6. The number of piperazine rings is 1. The zero-order valence-corrected chi connectivity index (χ0v) is 15.3. The van der Waals surface area contributed by atoms with E-state index in [1.165, 1.54) is 17.6 Å². The zero-order valence-electron chi connectivity index (χ0n) is 14.5. The molecule has 0 saturated carbocycles. The number of alkyl halides is 3. The van der Waals surface area contributed by atoms with Gasteiger partial charge in [0, 0.05) is 37.9 Å². The molecule has 0 radical (unpaired) electrons. The van der Waals surface area contributed by atoms with Gasteiger partial charge in [-0.2, -0.15) is 18.3 Å². The van der Waals surface area contributed by atoms with Crippen molar-refractivity contribution in [2.45, 2.75) is 6.18 Å². The Morgan fingerprint density at radius 2 is 1.89 bits per heavy atom. The molecule has 0 unspecified atom stereocenters. The lowest BCUT2D eigenvalue weighted by Gasteiger charge is -2.32. The van der Waals surface area contributed by atoms with E-state index in [-0.39, 0.29) is 5.56 Å². The highest BCUT2D eigenvalue weighted by Crippen LogP contribution is 2.29. The van der Waals surface area contributed by atoms with Gasteiger partial charge in [-0.05, 0) is 31.3 Å². The van der Waals surface area contributed by atoms with Gasteiger partial charge in [0.15, 0.2) is 5.13 Å². The molecule has 1 aliphatic rings. The summed E-state index contributed by atoms with van der Waals surface area (Å²) in [6.07, 6.45) is -1.29. The van der Waals surface area contributed by atoms with Crippen molar-refractivity contribution in [2.75, 3.05) is 38.1 Å². The van der Waals surface area contributed by atoms with Crippen molar-refractivity contribution >= 4 is 28.6 Å². The van der Waals surface area contributed by atoms with Gasteiger partial charge < -0.3 is 9.80 Å². The van der Waals surface area contributed by atoms with E-state index < -0.39 is 17.6 Å². The number of aromatic nitrogens is 1. The molecule has 1 aromatic carbocycles. The van der Waals surface area contributed by atoms with Crippen molar-refractivity contribution in [3.63, 3.8) is 0 Å². The molecule has 0 aliphatic carbocycles. The Balaban J connectivity index is 1.55. The number of benzene rings is 1. The van der Waals surface area contributed by atoms with Gasteiger partial charge in [-0.15, -0.1) is 0 Å². The molecule has 6 nitrogen and oxygen atoms in total. The lowest BCUT2D eigenvalue weighted by atomic mass is 10.1. The summed E-state index contributed by atoms with van der Waals surface area (Å²) in [6.45, 7) is 3.77. The first-order chi connectivity index (χ1) is 12.8. The molecule has 1 amide bonds. The molecule has 0 bridgehead atoms. The summed E-state index contributed by atoms with van der Waals surface area (Å²) >= 11 is 1.46. The topological polar surface area (TPSA) is 60.8 Å². The van der Waals surface area contributed by atoms with Gasteiger partial charge in [-0.25, -0.2) is 10.4 Å². The number of nitrogens with zero attached hydrogens (tertiary/aromatic N) is 4. The van der Waals surface area contributed by atoms with Crippen LogP contribution in [0.3, 0.4) is 0 Å². The lowest BCUT2D eigenvalue weighted by Crippen LogP contribution is -2.44. The maximum atomic E-state index is 12.5. The van der Waals surface area contributed by atoms with Crippen LogP contribution in [-0.2, 0) is 6.18 Å². The molecule has 1 fully saturated rings. The summed E-state index contributed by atoms with van der Waals surface area (Å²) in [4.78, 5) is 21.5. The second kappa shape index (κ2) is 8.05. The SMILES string of the molecule is CN1CCN(c2ncc(/C=N\NC(=O)c3ccc(C(F)(F)F)cc3)s2)CC1. The number of nitrogens with one attached hydrogen (secondary N) is 1. The Kier molecular flexibility index (Phi) is 5.76. The van der Waals surface area contributed by atoms with E-state index in [1.54, 1.807) is 6.20 Å². The minimum atomic E-state index is -4.43. The van der Waals surface area contributed by atoms with Crippen LogP contribution >= 0.6 is 11.3 Å². The van der Waals surface area contributed by atoms with E-state index in [0.717, 1.165) is 60.5 Å². The van der Waals surface area contributed by atoms with Crippen LogP contribution in [0.15, 0.2) is 35.6 Å². The van der Waals surface area contributed by atoms with Crippen LogP contribution in [0, 0.1) is 0 Å². The molecule has 3 rings (SSSR count). The molecule has 2 aromatic rings. The number of carbonyl (C=O) groups is 1. The second-order valence-corrected chi connectivity index (χ2v) is 7.15. The fraction of sp³-hybridized carbons (Fsp3) is 0.353. The Morgan fingerprint density at radius 3 is 2.52 bits per heavy atom. The lowest BCUT2D eigenvalue weighted by molar-refractivity contribution is -0.137. The molecule has 0 atom stereocenters. The van der Waals surface area contributed by atoms with Crippen molar-refractivity contribution in [1.82, 2.24) is 15.3 Å². The minimum Gasteiger partial charge on any atom is -0.346 e. The quantitative estimate of drug-likeness (QED) is 0.637. The molecule has 144 valence electrons. The molecule has 1 N–H and O–H groups in total. The predicted molar refractivity (Wildman–Crippen MR) is 98.3 cm³/mol. The molecule has 1 saturated heterocycles. The van der Waals surface area contributed by atoms with Crippen LogP contribution in [0.2, 0.25) is 0 Å². The predicted octanol–water partition coefficient (Wildman–Crippen LogP) is 2.68. The van der Waals surface area contributed by atoms with Crippen LogP contribution in [0.1, 0.15) is 20.8 Å². The molecular formula is C17H18F3N5OS. The number of hydrazone groups is 1. The molecular weight excluding hydrogens is 379 g/mol. The maximum absolute atomic E-state index is 12.5. The monoisotopic (exact) mass is 397 g/mol. The van der Waals surface area contributed by atoms with Crippen LogP contribution in [0.5, 0.6) is 0 Å². The van der Waals surface area contributed by atoms with Crippen LogP contribution in [-0.4, -0.2) is 55.2 Å². The summed E-state index contributed by atoms with van der Waals surface area (Å²) in [5, 5.41) is 4.76. The molecule has 1 aromatic heterocycles. The highest BCUT2D eigenvalue weighted by molar-refractivity contribution is 7.17. The fourth-order valence-corrected chi connectivity index (χ4v) is 3.35. The molecule has 2 heterocycles. The third-order valence-electron chi connectivity index (χ3n) is 4.12. The number of anilines is 1. The number of amides is 1. The van der Waals surface area contributed by atoms with E-state index in [0.29, 0.717) is 0 Å². The Labute approximate surface area is 158 Å². The number of thiazole rings is 1. The van der Waals surface area contributed by atoms with Crippen LogP contribution < -0.4 is 10.3 Å². The van der Waals surface area contributed by atoms with Crippen molar-refractivity contribution in [3.8, 4) is 0 Å². The minimum absolute atomic E-state index is 0.0996. The first-order valence-corrected chi connectivity index (χ1v) is 9.04. The molecule has 27 heavy (non-hydrogen) atoms. The number of likely N-dealkylation sites (N-methyl/N-ethyl adjacent to an activating group) is 1. The first-order valence-electron chi connectivity index (χ1n) is 8.23. The zero-order chi connectivity index (χ0) is 19.4. The fourth-order valence-electron chi connectivity index (χ4n) is 2.51. The van der Waals surface area contributed by atoms with E-state index in [4.69, 9.17) is 0 Å². The van der Waals surface area contributed by atoms with E-state index >= 15 is 0 Å². The number of halogens is 3. The van der Waals surface area contributed by atoms with Gasteiger partial charge in [-0.3, -0.25) is 4.79 Å². The normalized spacial score (nSPS) is 16.1. The maximum Gasteiger partial charge on any atom is 0.416 e. The van der Waals surface area contributed by atoms with Gasteiger partial charge >= 0.3 is 6.18 Å². The first kappa shape index (κ1) is 19.3. The van der Waals surface area contributed by atoms with Gasteiger partial charge in [0.2, 0.25) is 0 Å². The molecule has 1 aliphatic heterocycles. The highest BCUT2D eigenvalue weighted by Gasteiger charge is 2.30. The van der Waals surface area contributed by atoms with Gasteiger partial charge in [0.05, 0.1) is 16.7 Å². The van der Waals surface area contributed by atoms with Crippen molar-refractivity contribution in [3.05, 3.63) is 46.5 Å². The van der Waals surface area contributed by atoms with Crippen molar-refractivity contribution < 1.29 is 18.0 Å². The molecule has 10 heteroatoms. The summed E-state index contributed by atoms with van der Waals surface area (Å²) in [6, 6.07) is 3.96. The standard InChI is InChI=1S/C17H18F3N5OS/c1-24-6-8-25(9-7-24)16-21-10-14(27-16)11-22-23-15(26)12-2-4-13(5-3-12)17(18,19)20/h2-5,10-11H,6-9H2,1H3,(H,23,26)/b22-11-. The van der Waals surface area contributed by atoms with E-state index in [9.17, 15) is 18.0 Å². The molecule has 0 spiro atoms. The van der Waals surface area contributed by atoms with E-state index in [1.807, 2.05) is 0 Å². The number of hydrogen-bond donors (Lipinski definition) is 1. The average molecular weight is 397 g/mol. The third kappa shape index (κ3) is 5.04. The summed E-state index contributed by atoms with van der Waals surface area (Å²) in [5.41, 5.74) is 1.61. The number of carbonyl (C=O) groups excluding carboxylic acids is 1. The number of rotatable bonds is 4. The largest absolute Gasteiger partial charge is 0.416 e. The van der Waals surface area contributed by atoms with E-state index in [2.05, 4.69) is 32.4 Å². The van der Waals surface area contributed by atoms with Crippen molar-refractivity contribution in [2.24, 2.45) is 5.10 Å².